The molecular weight excluding hydrogens is 562 g/mol. The highest BCUT2D eigenvalue weighted by atomic mass is 32.2. The predicted molar refractivity (Wildman–Crippen MR) is 147 cm³/mol. The maximum absolute atomic E-state index is 13.8. The van der Waals surface area contributed by atoms with Crippen molar-refractivity contribution in [3.63, 3.8) is 0 Å². The Balaban J connectivity index is 2.07. The smallest absolute Gasteiger partial charge is 0.352 e. The molecule has 3 rings (SSSR count). The molecule has 2 amide bonds. The van der Waals surface area contributed by atoms with Crippen molar-refractivity contribution < 1.29 is 35.6 Å². The summed E-state index contributed by atoms with van der Waals surface area (Å²) in [5.41, 5.74) is -1.02. The van der Waals surface area contributed by atoms with Crippen LogP contribution in [0.15, 0.2) is 83.8 Å². The molecule has 0 spiro atoms. The Kier molecular flexibility index (Phi) is 10.1. The fraction of sp³-hybridized carbons (Fsp3) is 0.310. The van der Waals surface area contributed by atoms with Gasteiger partial charge >= 0.3 is 6.18 Å². The Hall–Kier alpha value is -3.93. The molecule has 3 aromatic carbocycles. The molecule has 0 aliphatic heterocycles. The van der Waals surface area contributed by atoms with E-state index in [1.807, 2.05) is 6.92 Å². The van der Waals surface area contributed by atoms with Crippen molar-refractivity contribution >= 4 is 27.5 Å². The van der Waals surface area contributed by atoms with E-state index in [1.54, 1.807) is 13.0 Å². The second-order valence-electron chi connectivity index (χ2n) is 9.51. The lowest BCUT2D eigenvalue weighted by Gasteiger charge is -2.32. The normalized spacial score (nSPS) is 13.2. The van der Waals surface area contributed by atoms with E-state index in [2.05, 4.69) is 5.32 Å². The van der Waals surface area contributed by atoms with Gasteiger partial charge in [-0.05, 0) is 68.3 Å². The van der Waals surface area contributed by atoms with Crippen LogP contribution in [0.3, 0.4) is 0 Å². The van der Waals surface area contributed by atoms with Crippen LogP contribution in [0.25, 0.3) is 0 Å². The zero-order valence-electron chi connectivity index (χ0n) is 22.7. The van der Waals surface area contributed by atoms with Gasteiger partial charge in [0.2, 0.25) is 11.8 Å². The van der Waals surface area contributed by atoms with E-state index in [4.69, 9.17) is 0 Å². The number of carbonyl (C=O) groups is 2. The predicted octanol–water partition coefficient (Wildman–Crippen LogP) is 5.37. The van der Waals surface area contributed by atoms with Crippen molar-refractivity contribution in [1.29, 1.82) is 0 Å². The summed E-state index contributed by atoms with van der Waals surface area (Å²) < 4.78 is 82.1. The van der Waals surface area contributed by atoms with Gasteiger partial charge < -0.3 is 10.2 Å². The summed E-state index contributed by atoms with van der Waals surface area (Å²) in [7, 11) is -4.52. The number of rotatable bonds is 11. The minimum Gasteiger partial charge on any atom is -0.352 e. The molecule has 0 aromatic heterocycles. The van der Waals surface area contributed by atoms with E-state index in [1.165, 1.54) is 55.5 Å². The van der Waals surface area contributed by atoms with E-state index in [-0.39, 0.29) is 23.2 Å². The van der Waals surface area contributed by atoms with Crippen molar-refractivity contribution in [2.45, 2.75) is 56.9 Å². The summed E-state index contributed by atoms with van der Waals surface area (Å²) in [6, 6.07) is 14.5. The molecule has 12 heteroatoms. The highest BCUT2D eigenvalue weighted by Crippen LogP contribution is 2.33. The standard InChI is InChI=1S/C29H31F4N3O4S/c1-4-20(2)34-28(38)21(3)35(18-22-13-15-24(30)16-14-22)27(37)19-36(41(39,40)26-11-6-5-7-12-26)25-10-8-9-23(17-25)29(31,32)33/h5-17,20-21H,4,18-19H2,1-3H3,(H,34,38). The molecule has 0 aliphatic rings. The SMILES string of the molecule is CCC(C)NC(=O)C(C)N(Cc1ccc(F)cc1)C(=O)CN(c1cccc(C(F)(F)F)c1)S(=O)(=O)c1ccccc1. The molecule has 0 saturated heterocycles. The molecule has 2 atom stereocenters. The Morgan fingerprint density at radius 1 is 0.927 bits per heavy atom. The average molecular weight is 594 g/mol. The number of benzene rings is 3. The molecule has 1 N–H and O–H groups in total. The maximum atomic E-state index is 13.8. The first-order valence-electron chi connectivity index (χ1n) is 12.8. The van der Waals surface area contributed by atoms with Gasteiger partial charge in [0, 0.05) is 12.6 Å². The fourth-order valence-corrected chi connectivity index (χ4v) is 5.35. The summed E-state index contributed by atoms with van der Waals surface area (Å²) in [6.45, 7) is 4.01. The van der Waals surface area contributed by atoms with Gasteiger partial charge in [0.05, 0.1) is 16.1 Å². The number of hydrogen-bond acceptors (Lipinski definition) is 4. The summed E-state index contributed by atoms with van der Waals surface area (Å²) in [4.78, 5) is 27.7. The van der Waals surface area contributed by atoms with Gasteiger partial charge in [-0.3, -0.25) is 13.9 Å². The van der Waals surface area contributed by atoms with Crippen LogP contribution in [0.4, 0.5) is 23.2 Å². The quantitative estimate of drug-likeness (QED) is 0.303. The Morgan fingerprint density at radius 3 is 2.15 bits per heavy atom. The molecule has 0 aliphatic carbocycles. The maximum Gasteiger partial charge on any atom is 0.416 e. The van der Waals surface area contributed by atoms with Gasteiger partial charge in [0.15, 0.2) is 0 Å². The number of nitrogens with zero attached hydrogens (tertiary/aromatic N) is 2. The number of amides is 2. The summed E-state index contributed by atoms with van der Waals surface area (Å²) >= 11 is 0. The molecule has 41 heavy (non-hydrogen) atoms. The van der Waals surface area contributed by atoms with Crippen LogP contribution in [0.2, 0.25) is 0 Å². The van der Waals surface area contributed by atoms with Gasteiger partial charge in [-0.25, -0.2) is 12.8 Å². The Bertz CT molecular complexity index is 1450. The molecule has 0 radical (unpaired) electrons. The lowest BCUT2D eigenvalue weighted by molar-refractivity contribution is -0.139. The van der Waals surface area contributed by atoms with Crippen molar-refractivity contribution in [3.05, 3.63) is 95.8 Å². The third-order valence-corrected chi connectivity index (χ3v) is 8.29. The monoisotopic (exact) mass is 593 g/mol. The largest absolute Gasteiger partial charge is 0.416 e. The van der Waals surface area contributed by atoms with Crippen molar-refractivity contribution in [2.75, 3.05) is 10.8 Å². The third kappa shape index (κ3) is 8.06. The zero-order valence-corrected chi connectivity index (χ0v) is 23.5. The molecule has 2 unspecified atom stereocenters. The number of sulfonamides is 1. The van der Waals surface area contributed by atoms with Crippen LogP contribution in [0.1, 0.15) is 38.3 Å². The number of carbonyl (C=O) groups excluding carboxylic acids is 2. The zero-order chi connectivity index (χ0) is 30.4. The second kappa shape index (κ2) is 13.2. The van der Waals surface area contributed by atoms with Crippen LogP contribution in [0, 0.1) is 5.82 Å². The molecule has 220 valence electrons. The molecule has 0 saturated carbocycles. The molecule has 0 heterocycles. The number of halogens is 4. The Labute approximate surface area is 236 Å². The van der Waals surface area contributed by atoms with Crippen LogP contribution < -0.4 is 9.62 Å². The van der Waals surface area contributed by atoms with E-state index in [0.29, 0.717) is 22.4 Å². The summed E-state index contributed by atoms with van der Waals surface area (Å²) in [6.07, 6.45) is -4.15. The van der Waals surface area contributed by atoms with Crippen LogP contribution in [-0.2, 0) is 32.3 Å². The first-order chi connectivity index (χ1) is 19.2. The molecule has 0 bridgehead atoms. The van der Waals surface area contributed by atoms with Gasteiger partial charge in [-0.2, -0.15) is 13.2 Å². The Morgan fingerprint density at radius 2 is 1.56 bits per heavy atom. The topological polar surface area (TPSA) is 86.8 Å². The lowest BCUT2D eigenvalue weighted by atomic mass is 10.1. The molecule has 7 nitrogen and oxygen atoms in total. The minimum absolute atomic E-state index is 0.185. The van der Waals surface area contributed by atoms with Crippen molar-refractivity contribution in [1.82, 2.24) is 10.2 Å². The lowest BCUT2D eigenvalue weighted by Crippen LogP contribution is -2.52. The van der Waals surface area contributed by atoms with Crippen LogP contribution in [-0.4, -0.2) is 43.8 Å². The average Bonchev–Trinajstić information content (AvgIpc) is 2.95. The first kappa shape index (κ1) is 31.6. The summed E-state index contributed by atoms with van der Waals surface area (Å²) in [5.74, 6) is -1.87. The van der Waals surface area contributed by atoms with E-state index < -0.39 is 52.0 Å². The number of nitrogens with one attached hydrogen (secondary N) is 1. The first-order valence-corrected chi connectivity index (χ1v) is 14.3. The fourth-order valence-electron chi connectivity index (χ4n) is 3.92. The highest BCUT2D eigenvalue weighted by molar-refractivity contribution is 7.92. The number of hydrogen-bond donors (Lipinski definition) is 1. The van der Waals surface area contributed by atoms with Gasteiger partial charge in [0.1, 0.15) is 18.4 Å². The summed E-state index contributed by atoms with van der Waals surface area (Å²) in [5, 5.41) is 2.78. The number of alkyl halides is 3. The second-order valence-corrected chi connectivity index (χ2v) is 11.4. The van der Waals surface area contributed by atoms with E-state index >= 15 is 0 Å². The van der Waals surface area contributed by atoms with Gasteiger partial charge in [-0.1, -0.05) is 43.3 Å². The third-order valence-electron chi connectivity index (χ3n) is 6.51. The van der Waals surface area contributed by atoms with E-state index in [9.17, 15) is 35.6 Å². The van der Waals surface area contributed by atoms with Gasteiger partial charge in [-0.15, -0.1) is 0 Å². The van der Waals surface area contributed by atoms with Gasteiger partial charge in [0.25, 0.3) is 10.0 Å². The molecular formula is C29H31F4N3O4S. The van der Waals surface area contributed by atoms with Crippen molar-refractivity contribution in [2.24, 2.45) is 0 Å². The highest BCUT2D eigenvalue weighted by Gasteiger charge is 2.35. The molecule has 0 fully saturated rings. The van der Waals surface area contributed by atoms with Crippen molar-refractivity contribution in [3.8, 4) is 0 Å². The van der Waals surface area contributed by atoms with Crippen LogP contribution >= 0.6 is 0 Å². The minimum atomic E-state index is -4.76. The molecule has 3 aromatic rings. The van der Waals surface area contributed by atoms with E-state index in [0.717, 1.165) is 23.1 Å². The number of anilines is 1. The van der Waals surface area contributed by atoms with Crippen LogP contribution in [0.5, 0.6) is 0 Å².